The first-order chi connectivity index (χ1) is 11.3. The molecule has 122 valence electrons. The lowest BCUT2D eigenvalue weighted by Gasteiger charge is -2.32. The minimum absolute atomic E-state index is 0.223. The van der Waals surface area contributed by atoms with E-state index < -0.39 is 0 Å². The molecule has 0 aromatic heterocycles. The van der Waals surface area contributed by atoms with Crippen LogP contribution in [0.1, 0.15) is 30.7 Å². The number of nitrogens with zero attached hydrogens (tertiary/aromatic N) is 1. The molecule has 2 aromatic rings. The molecule has 1 fully saturated rings. The van der Waals surface area contributed by atoms with Gasteiger partial charge in [0.15, 0.2) is 0 Å². The Labute approximate surface area is 137 Å². The summed E-state index contributed by atoms with van der Waals surface area (Å²) in [6, 6.07) is 17.1. The summed E-state index contributed by atoms with van der Waals surface area (Å²) in [5.74, 6) is 1.23. The van der Waals surface area contributed by atoms with E-state index in [0.29, 0.717) is 12.5 Å². The summed E-state index contributed by atoms with van der Waals surface area (Å²) in [5, 5.41) is 0. The highest BCUT2D eigenvalue weighted by Gasteiger charge is 2.19. The smallest absolute Gasteiger partial charge is 0.123 e. The van der Waals surface area contributed by atoms with Crippen LogP contribution < -0.4 is 4.74 Å². The van der Waals surface area contributed by atoms with Gasteiger partial charge in [0.2, 0.25) is 0 Å². The van der Waals surface area contributed by atoms with Crippen molar-refractivity contribution in [3.05, 3.63) is 66.0 Å². The average molecular weight is 313 g/mol. The number of ether oxygens (including phenoxy) is 1. The maximum absolute atomic E-state index is 12.8. The normalized spacial score (nSPS) is 16.4. The Hall–Kier alpha value is -1.87. The third kappa shape index (κ3) is 4.80. The molecule has 0 spiro atoms. The van der Waals surface area contributed by atoms with Gasteiger partial charge in [0.05, 0.1) is 6.61 Å². The predicted molar refractivity (Wildman–Crippen MR) is 91.4 cm³/mol. The molecule has 3 heteroatoms. The van der Waals surface area contributed by atoms with E-state index in [1.54, 1.807) is 12.1 Å². The third-order valence-electron chi connectivity index (χ3n) is 4.56. The first-order valence-corrected chi connectivity index (χ1v) is 8.47. The van der Waals surface area contributed by atoms with Crippen LogP contribution in [0, 0.1) is 5.82 Å². The highest BCUT2D eigenvalue weighted by molar-refractivity contribution is 5.22. The van der Waals surface area contributed by atoms with Crippen LogP contribution in [0.25, 0.3) is 0 Å². The van der Waals surface area contributed by atoms with Crippen LogP contribution in [0.15, 0.2) is 54.6 Å². The molecule has 1 aliphatic rings. The van der Waals surface area contributed by atoms with Crippen molar-refractivity contribution >= 4 is 0 Å². The first-order valence-electron chi connectivity index (χ1n) is 8.47. The number of piperidine rings is 1. The van der Waals surface area contributed by atoms with Crippen molar-refractivity contribution < 1.29 is 9.13 Å². The number of rotatable bonds is 6. The molecular formula is C20H24FNO. The average Bonchev–Trinajstić information content (AvgIpc) is 2.62. The van der Waals surface area contributed by atoms with Gasteiger partial charge in [0.25, 0.3) is 0 Å². The van der Waals surface area contributed by atoms with Gasteiger partial charge < -0.3 is 9.64 Å². The van der Waals surface area contributed by atoms with Crippen molar-refractivity contribution in [2.75, 3.05) is 26.2 Å². The number of benzene rings is 2. The fraction of sp³-hybridized carbons (Fsp3) is 0.400. The molecule has 3 rings (SSSR count). The fourth-order valence-corrected chi connectivity index (χ4v) is 3.22. The van der Waals surface area contributed by atoms with Gasteiger partial charge in [-0.3, -0.25) is 0 Å². The van der Waals surface area contributed by atoms with Gasteiger partial charge in [-0.05, 0) is 68.1 Å². The Morgan fingerprint density at radius 3 is 2.35 bits per heavy atom. The largest absolute Gasteiger partial charge is 0.494 e. The Morgan fingerprint density at radius 1 is 0.957 bits per heavy atom. The van der Waals surface area contributed by atoms with Crippen molar-refractivity contribution in [2.45, 2.75) is 25.2 Å². The molecule has 23 heavy (non-hydrogen) atoms. The lowest BCUT2D eigenvalue weighted by molar-refractivity contribution is 0.193. The molecule has 0 amide bonds. The number of halogens is 1. The summed E-state index contributed by atoms with van der Waals surface area (Å²) in [4.78, 5) is 2.52. The van der Waals surface area contributed by atoms with Gasteiger partial charge in [-0.1, -0.05) is 30.3 Å². The summed E-state index contributed by atoms with van der Waals surface area (Å²) in [6.45, 7) is 4.08. The van der Waals surface area contributed by atoms with E-state index >= 15 is 0 Å². The van der Waals surface area contributed by atoms with Gasteiger partial charge in [0.1, 0.15) is 11.6 Å². The summed E-state index contributed by atoms with van der Waals surface area (Å²) in [6.07, 6.45) is 3.49. The van der Waals surface area contributed by atoms with Crippen LogP contribution >= 0.6 is 0 Å². The van der Waals surface area contributed by atoms with E-state index in [-0.39, 0.29) is 5.82 Å². The molecule has 0 atom stereocenters. The number of hydrogen-bond donors (Lipinski definition) is 0. The standard InChI is InChI=1S/C20H24FNO/c21-19-7-9-20(10-8-19)23-16-4-13-22-14-11-18(12-15-22)17-5-2-1-3-6-17/h1-3,5-10,18H,4,11-16H2. The van der Waals surface area contributed by atoms with Crippen molar-refractivity contribution in [1.82, 2.24) is 4.90 Å². The maximum Gasteiger partial charge on any atom is 0.123 e. The topological polar surface area (TPSA) is 12.5 Å². The number of likely N-dealkylation sites (tertiary alicyclic amines) is 1. The van der Waals surface area contributed by atoms with Crippen molar-refractivity contribution in [3.63, 3.8) is 0 Å². The second-order valence-electron chi connectivity index (χ2n) is 6.18. The van der Waals surface area contributed by atoms with E-state index in [9.17, 15) is 4.39 Å². The lowest BCUT2D eigenvalue weighted by atomic mass is 9.89. The second-order valence-corrected chi connectivity index (χ2v) is 6.18. The molecule has 0 unspecified atom stereocenters. The van der Waals surface area contributed by atoms with Gasteiger partial charge in [-0.15, -0.1) is 0 Å². The van der Waals surface area contributed by atoms with Crippen LogP contribution in [0.3, 0.4) is 0 Å². The van der Waals surface area contributed by atoms with Crippen LogP contribution in [0.5, 0.6) is 5.75 Å². The zero-order valence-corrected chi connectivity index (χ0v) is 13.5. The lowest BCUT2D eigenvalue weighted by Crippen LogP contribution is -2.34. The summed E-state index contributed by atoms with van der Waals surface area (Å²) < 4.78 is 18.5. The van der Waals surface area contributed by atoms with Crippen molar-refractivity contribution in [3.8, 4) is 5.75 Å². The molecule has 1 aliphatic heterocycles. The maximum atomic E-state index is 12.8. The van der Waals surface area contributed by atoms with Gasteiger partial charge in [-0.2, -0.15) is 0 Å². The van der Waals surface area contributed by atoms with E-state index in [2.05, 4.69) is 35.2 Å². The highest BCUT2D eigenvalue weighted by Crippen LogP contribution is 2.27. The van der Waals surface area contributed by atoms with Crippen LogP contribution in [-0.2, 0) is 0 Å². The van der Waals surface area contributed by atoms with E-state index in [4.69, 9.17) is 4.74 Å². The van der Waals surface area contributed by atoms with Gasteiger partial charge in [0, 0.05) is 6.54 Å². The van der Waals surface area contributed by atoms with Crippen molar-refractivity contribution in [1.29, 1.82) is 0 Å². The Morgan fingerprint density at radius 2 is 1.65 bits per heavy atom. The molecule has 1 saturated heterocycles. The predicted octanol–water partition coefficient (Wildman–Crippen LogP) is 4.47. The minimum Gasteiger partial charge on any atom is -0.494 e. The van der Waals surface area contributed by atoms with E-state index in [1.165, 1.54) is 30.5 Å². The molecule has 2 nitrogen and oxygen atoms in total. The molecule has 0 N–H and O–H groups in total. The number of hydrogen-bond acceptors (Lipinski definition) is 2. The Kier molecular flexibility index (Phi) is 5.65. The highest BCUT2D eigenvalue weighted by atomic mass is 19.1. The quantitative estimate of drug-likeness (QED) is 0.729. The van der Waals surface area contributed by atoms with Gasteiger partial charge in [-0.25, -0.2) is 4.39 Å². The Bertz CT molecular complexity index is 576. The van der Waals surface area contributed by atoms with Crippen LogP contribution in [-0.4, -0.2) is 31.1 Å². The third-order valence-corrected chi connectivity index (χ3v) is 4.56. The van der Waals surface area contributed by atoms with E-state index in [1.807, 2.05) is 0 Å². The molecule has 0 radical (unpaired) electrons. The molecule has 0 saturated carbocycles. The molecule has 0 bridgehead atoms. The van der Waals surface area contributed by atoms with Crippen molar-refractivity contribution in [2.24, 2.45) is 0 Å². The molecule has 2 aromatic carbocycles. The zero-order chi connectivity index (χ0) is 15.9. The summed E-state index contributed by atoms with van der Waals surface area (Å²) in [7, 11) is 0. The first kappa shape index (κ1) is 16.0. The molecular weight excluding hydrogens is 289 g/mol. The Balaban J connectivity index is 1.34. The summed E-state index contributed by atoms with van der Waals surface area (Å²) >= 11 is 0. The fourth-order valence-electron chi connectivity index (χ4n) is 3.22. The monoisotopic (exact) mass is 313 g/mol. The molecule has 0 aliphatic carbocycles. The van der Waals surface area contributed by atoms with E-state index in [0.717, 1.165) is 31.8 Å². The van der Waals surface area contributed by atoms with Gasteiger partial charge >= 0.3 is 0 Å². The van der Waals surface area contributed by atoms with Crippen LogP contribution in [0.2, 0.25) is 0 Å². The van der Waals surface area contributed by atoms with Crippen LogP contribution in [0.4, 0.5) is 4.39 Å². The summed E-state index contributed by atoms with van der Waals surface area (Å²) in [5.41, 5.74) is 1.48. The second kappa shape index (κ2) is 8.11. The SMILES string of the molecule is Fc1ccc(OCCCN2CCC(c3ccccc3)CC2)cc1. The minimum atomic E-state index is -0.223. The molecule has 1 heterocycles. The zero-order valence-electron chi connectivity index (χ0n) is 13.5.